The highest BCUT2D eigenvalue weighted by molar-refractivity contribution is 7.92. The first-order valence-electron chi connectivity index (χ1n) is 19.5. The molecule has 0 unspecified atom stereocenters. The monoisotopic (exact) mass is 790 g/mol. The number of hydrogen-bond acceptors (Lipinski definition) is 8. The van der Waals surface area contributed by atoms with Crippen molar-refractivity contribution in [3.63, 3.8) is 0 Å². The van der Waals surface area contributed by atoms with Gasteiger partial charge in [0.05, 0.1) is 49.7 Å². The maximum absolute atomic E-state index is 14.8. The second kappa shape index (κ2) is 15.2. The van der Waals surface area contributed by atoms with E-state index in [9.17, 15) is 13.8 Å². The molecule has 2 aromatic carbocycles. The molecule has 8 rings (SSSR count). The average molecular weight is 791 g/mol. The van der Waals surface area contributed by atoms with Crippen LogP contribution in [0.5, 0.6) is 11.5 Å². The Morgan fingerprint density at radius 1 is 1.13 bits per heavy atom. The standard InChI is InChI=1S/C42H51ClN4O7S/c1-26-7-5-9-37(51-3)32-13-10-30(32)20-47-24-42(16-6-8-28-17-31(43)12-14-34(28)42)25-54-38-15-11-29(18-35(38)47)40(48)44-55(50,23-26)45-41(49)33-21-46-19-27(2)53-22-36(46)39(33)52-4/h5,9,11-12,14-15,17-18,21,26-27,30,32,37H,6-8,10,13,16,19-20,22-25H2,1-4H3,(H,44,45,48,49,50)/b9-5+/t26-,27-,30-,32+,37-,42-,55-/m0/s1. The minimum atomic E-state index is -3.62. The van der Waals surface area contributed by atoms with Gasteiger partial charge in [0.2, 0.25) is 0 Å². The van der Waals surface area contributed by atoms with Gasteiger partial charge in [-0.3, -0.25) is 14.3 Å². The van der Waals surface area contributed by atoms with Crippen LogP contribution in [-0.2, 0) is 44.4 Å². The van der Waals surface area contributed by atoms with E-state index in [1.807, 2.05) is 36.6 Å². The van der Waals surface area contributed by atoms with Crippen LogP contribution in [-0.4, -0.2) is 72.5 Å². The van der Waals surface area contributed by atoms with Gasteiger partial charge in [-0.15, -0.1) is 4.36 Å². The third-order valence-corrected chi connectivity index (χ3v) is 14.5. The molecule has 2 amide bonds. The zero-order valence-electron chi connectivity index (χ0n) is 32.1. The number of aryl methyl sites for hydroxylation is 1. The van der Waals surface area contributed by atoms with Gasteiger partial charge < -0.3 is 28.4 Å². The summed E-state index contributed by atoms with van der Waals surface area (Å²) in [4.78, 5) is 30.6. The molecule has 4 heterocycles. The van der Waals surface area contributed by atoms with Crippen molar-refractivity contribution in [3.05, 3.63) is 87.7 Å². The highest BCUT2D eigenvalue weighted by atomic mass is 35.5. The predicted molar refractivity (Wildman–Crippen MR) is 213 cm³/mol. The molecule has 5 aliphatic rings. The fourth-order valence-electron chi connectivity index (χ4n) is 9.40. The number of methoxy groups -OCH3 is 2. The van der Waals surface area contributed by atoms with E-state index in [-0.39, 0.29) is 47.0 Å². The van der Waals surface area contributed by atoms with Crippen LogP contribution in [0.4, 0.5) is 5.69 Å². The van der Waals surface area contributed by atoms with Crippen LogP contribution in [0, 0.1) is 17.8 Å². The van der Waals surface area contributed by atoms with E-state index in [0.717, 1.165) is 55.1 Å². The van der Waals surface area contributed by atoms with Crippen molar-refractivity contribution >= 4 is 39.0 Å². The third-order valence-electron chi connectivity index (χ3n) is 12.3. The topological polar surface area (TPSA) is 121 Å². The summed E-state index contributed by atoms with van der Waals surface area (Å²) in [6, 6.07) is 11.6. The maximum Gasteiger partial charge on any atom is 0.286 e. The molecule has 13 heteroatoms. The van der Waals surface area contributed by atoms with E-state index in [0.29, 0.717) is 49.5 Å². The zero-order valence-corrected chi connectivity index (χ0v) is 33.6. The van der Waals surface area contributed by atoms with Gasteiger partial charge in [-0.2, -0.15) is 0 Å². The van der Waals surface area contributed by atoms with E-state index in [2.05, 4.69) is 38.3 Å². The van der Waals surface area contributed by atoms with E-state index in [4.69, 9.17) is 30.5 Å². The number of carbonyl (C=O) groups is 2. The number of halogens is 1. The molecule has 7 atom stereocenters. The van der Waals surface area contributed by atoms with Crippen molar-refractivity contribution in [2.24, 2.45) is 22.1 Å². The number of aromatic nitrogens is 1. The van der Waals surface area contributed by atoms with Gasteiger partial charge in [0.25, 0.3) is 11.8 Å². The van der Waals surface area contributed by atoms with Crippen LogP contribution in [0.15, 0.2) is 59.1 Å². The van der Waals surface area contributed by atoms with E-state index in [1.54, 1.807) is 19.4 Å². The summed E-state index contributed by atoms with van der Waals surface area (Å²) in [5, 5.41) is 0.736. The number of nitrogens with one attached hydrogen (secondary N) is 1. The summed E-state index contributed by atoms with van der Waals surface area (Å²) < 4.78 is 48.1. The molecular weight excluding hydrogens is 740 g/mol. The first-order chi connectivity index (χ1) is 26.5. The number of allylic oxidation sites excluding steroid dienone is 1. The summed E-state index contributed by atoms with van der Waals surface area (Å²) in [7, 11) is -0.360. The molecule has 3 aliphatic heterocycles. The van der Waals surface area contributed by atoms with Crippen molar-refractivity contribution in [2.75, 3.05) is 44.6 Å². The summed E-state index contributed by atoms with van der Waals surface area (Å²) in [5.74, 6) is 0.261. The Morgan fingerprint density at radius 2 is 1.98 bits per heavy atom. The number of amides is 2. The summed E-state index contributed by atoms with van der Waals surface area (Å²) >= 11 is 6.48. The molecule has 1 saturated carbocycles. The van der Waals surface area contributed by atoms with Crippen molar-refractivity contribution < 1.29 is 32.7 Å². The van der Waals surface area contributed by atoms with Gasteiger partial charge in [-0.25, -0.2) is 4.21 Å². The first-order valence-corrected chi connectivity index (χ1v) is 21.5. The lowest BCUT2D eigenvalue weighted by molar-refractivity contribution is 0.0131. The van der Waals surface area contributed by atoms with Gasteiger partial charge >= 0.3 is 0 Å². The van der Waals surface area contributed by atoms with Crippen molar-refractivity contribution in [1.82, 2.24) is 9.29 Å². The van der Waals surface area contributed by atoms with Crippen LogP contribution >= 0.6 is 11.6 Å². The Bertz CT molecular complexity index is 2140. The lowest BCUT2D eigenvalue weighted by Crippen LogP contribution is -2.49. The molecule has 2 aliphatic carbocycles. The molecule has 0 saturated heterocycles. The second-order valence-corrected chi connectivity index (χ2v) is 18.6. The fraction of sp³-hybridized carbons (Fsp3) is 0.524. The normalized spacial score (nSPS) is 31.0. The van der Waals surface area contributed by atoms with Crippen molar-refractivity contribution in [2.45, 2.75) is 83.1 Å². The Kier molecular flexibility index (Phi) is 10.6. The molecule has 3 aromatic rings. The number of carbonyl (C=O) groups excluding carboxylic acids is 2. The molecule has 11 nitrogen and oxygen atoms in total. The maximum atomic E-state index is 14.8. The SMILES string of the molecule is COc1c(C(=O)N[S@@]2(=O)=NC(=O)c3ccc4c(c3)N(C[C@@H]3CC[C@H]3[C@@H](OC)/C=C/C[C@H](C)C2)C[C@@]2(CCCc3cc(Cl)ccc32)CO4)cn2c1CO[C@@H](C)C2. The minimum Gasteiger partial charge on any atom is -0.494 e. The van der Waals surface area contributed by atoms with E-state index < -0.39 is 21.7 Å². The number of fused-ring (bicyclic) bond motifs is 5. The second-order valence-electron chi connectivity index (χ2n) is 16.2. The molecule has 1 aromatic heterocycles. The zero-order chi connectivity index (χ0) is 38.5. The molecular formula is C42H51ClN4O7S. The number of benzene rings is 2. The van der Waals surface area contributed by atoms with Gasteiger partial charge in [-0.05, 0) is 105 Å². The first kappa shape index (κ1) is 38.1. The van der Waals surface area contributed by atoms with Crippen LogP contribution in [0.3, 0.4) is 0 Å². The summed E-state index contributed by atoms with van der Waals surface area (Å²) in [5.41, 5.74) is 4.29. The van der Waals surface area contributed by atoms with Gasteiger partial charge in [0.1, 0.15) is 21.2 Å². The molecule has 1 spiro atoms. The largest absolute Gasteiger partial charge is 0.494 e. The highest BCUT2D eigenvalue weighted by Gasteiger charge is 2.44. The fourth-order valence-corrected chi connectivity index (χ4v) is 11.5. The predicted octanol–water partition coefficient (Wildman–Crippen LogP) is 7.13. The quantitative estimate of drug-likeness (QED) is 0.277. The number of hydrogen-bond donors (Lipinski definition) is 1. The highest BCUT2D eigenvalue weighted by Crippen LogP contribution is 2.47. The number of rotatable bonds is 4. The number of anilines is 1. The minimum absolute atomic E-state index is 0.0271. The molecule has 1 N–H and O–H groups in total. The smallest absolute Gasteiger partial charge is 0.286 e. The van der Waals surface area contributed by atoms with Crippen LogP contribution in [0.25, 0.3) is 0 Å². The molecule has 55 heavy (non-hydrogen) atoms. The van der Waals surface area contributed by atoms with Crippen LogP contribution in [0.2, 0.25) is 5.02 Å². The Balaban J connectivity index is 1.19. The number of nitrogens with zero attached hydrogens (tertiary/aromatic N) is 3. The Morgan fingerprint density at radius 3 is 2.76 bits per heavy atom. The van der Waals surface area contributed by atoms with Crippen molar-refractivity contribution in [3.8, 4) is 11.5 Å². The van der Waals surface area contributed by atoms with Crippen LogP contribution in [0.1, 0.15) is 83.5 Å². The van der Waals surface area contributed by atoms with Crippen molar-refractivity contribution in [1.29, 1.82) is 0 Å². The third kappa shape index (κ3) is 7.43. The average Bonchev–Trinajstić information content (AvgIpc) is 3.44. The lowest BCUT2D eigenvalue weighted by atomic mass is 9.68. The van der Waals surface area contributed by atoms with E-state index >= 15 is 0 Å². The molecule has 0 radical (unpaired) electrons. The summed E-state index contributed by atoms with van der Waals surface area (Å²) in [6.45, 7) is 6.71. The van der Waals surface area contributed by atoms with Gasteiger partial charge in [0.15, 0.2) is 5.75 Å². The molecule has 1 fully saturated rings. The Hall–Kier alpha value is -3.84. The van der Waals surface area contributed by atoms with Crippen LogP contribution < -0.4 is 19.1 Å². The molecule has 2 bridgehead atoms. The van der Waals surface area contributed by atoms with Gasteiger partial charge in [-0.1, -0.05) is 36.7 Å². The van der Waals surface area contributed by atoms with E-state index in [1.165, 1.54) is 18.2 Å². The Labute approximate surface area is 329 Å². The molecule has 294 valence electrons. The summed E-state index contributed by atoms with van der Waals surface area (Å²) in [6.07, 6.45) is 11.5. The number of ether oxygens (including phenoxy) is 4. The van der Waals surface area contributed by atoms with Gasteiger partial charge in [0, 0.05) is 48.9 Å². The lowest BCUT2D eigenvalue weighted by Gasteiger charge is -2.46.